The molecule has 0 atom stereocenters. The number of hydrogen-bond acceptors (Lipinski definition) is 4. The van der Waals surface area contributed by atoms with E-state index in [4.69, 9.17) is 4.74 Å². The first-order chi connectivity index (χ1) is 9.90. The third-order valence-electron chi connectivity index (χ3n) is 2.75. The van der Waals surface area contributed by atoms with E-state index >= 15 is 0 Å². The number of non-ortho nitro benzene ring substituents is 1. The van der Waals surface area contributed by atoms with Gasteiger partial charge in [-0.1, -0.05) is 6.07 Å². The first-order valence-corrected chi connectivity index (χ1v) is 5.81. The molecule has 0 saturated heterocycles. The number of halogens is 2. The van der Waals surface area contributed by atoms with Gasteiger partial charge in [0.15, 0.2) is 0 Å². The number of benzene rings is 2. The van der Waals surface area contributed by atoms with Crippen LogP contribution in [0.1, 0.15) is 15.9 Å². The quantitative estimate of drug-likeness (QED) is 0.376. The predicted molar refractivity (Wildman–Crippen MR) is 69.1 cm³/mol. The lowest BCUT2D eigenvalue weighted by atomic mass is 10.1. The molecule has 5 nitrogen and oxygen atoms in total. The van der Waals surface area contributed by atoms with E-state index < -0.39 is 28.1 Å². The summed E-state index contributed by atoms with van der Waals surface area (Å²) in [6, 6.07) is 6.73. The first-order valence-electron chi connectivity index (χ1n) is 5.81. The Morgan fingerprint density at radius 1 is 1.14 bits per heavy atom. The normalized spacial score (nSPS) is 10.2. The average molecular weight is 293 g/mol. The highest BCUT2D eigenvalue weighted by Gasteiger charge is 2.21. The predicted octanol–water partition coefficient (Wildman–Crippen LogP) is 3.40. The fourth-order valence-electron chi connectivity index (χ4n) is 1.64. The van der Waals surface area contributed by atoms with Gasteiger partial charge < -0.3 is 4.74 Å². The van der Waals surface area contributed by atoms with Crippen LogP contribution in [0.25, 0.3) is 0 Å². The lowest BCUT2D eigenvalue weighted by Gasteiger charge is -2.07. The zero-order chi connectivity index (χ0) is 15.6. The third kappa shape index (κ3) is 3.02. The highest BCUT2D eigenvalue weighted by Crippen LogP contribution is 2.21. The summed E-state index contributed by atoms with van der Waals surface area (Å²) >= 11 is 0. The first kappa shape index (κ1) is 14.6. The number of esters is 1. The fraction of sp³-hybridized carbons (Fsp3) is 0.0714. The maximum atomic E-state index is 13.8. The second-order valence-electron chi connectivity index (χ2n) is 4.19. The van der Waals surface area contributed by atoms with Crippen LogP contribution in [0.3, 0.4) is 0 Å². The molecule has 0 aromatic heterocycles. The molecule has 0 aliphatic carbocycles. The number of rotatable bonds is 3. The number of carbonyl (C=O) groups excluding carboxylic acids is 1. The Morgan fingerprint density at radius 2 is 1.76 bits per heavy atom. The van der Waals surface area contributed by atoms with E-state index in [1.165, 1.54) is 25.1 Å². The van der Waals surface area contributed by atoms with Crippen LogP contribution in [0.2, 0.25) is 0 Å². The van der Waals surface area contributed by atoms with Crippen molar-refractivity contribution in [2.45, 2.75) is 6.92 Å². The number of carbonyl (C=O) groups is 1. The van der Waals surface area contributed by atoms with Gasteiger partial charge in [0, 0.05) is 12.1 Å². The van der Waals surface area contributed by atoms with Crippen LogP contribution in [0.15, 0.2) is 36.4 Å². The molecule has 0 aliphatic rings. The highest BCUT2D eigenvalue weighted by molar-refractivity contribution is 5.91. The molecule has 0 aliphatic heterocycles. The van der Waals surface area contributed by atoms with Crippen LogP contribution in [0.4, 0.5) is 14.5 Å². The molecule has 2 aromatic rings. The largest absolute Gasteiger partial charge is 0.423 e. The topological polar surface area (TPSA) is 69.4 Å². The summed E-state index contributed by atoms with van der Waals surface area (Å²) in [7, 11) is 0. The molecule has 0 spiro atoms. The van der Waals surface area contributed by atoms with Crippen LogP contribution in [-0.4, -0.2) is 10.9 Å². The zero-order valence-corrected chi connectivity index (χ0v) is 10.8. The van der Waals surface area contributed by atoms with E-state index in [1.54, 1.807) is 0 Å². The number of hydrogen-bond donors (Lipinski definition) is 0. The summed E-state index contributed by atoms with van der Waals surface area (Å²) in [5.74, 6) is -3.29. The van der Waals surface area contributed by atoms with Gasteiger partial charge in [0.25, 0.3) is 5.69 Å². The minimum Gasteiger partial charge on any atom is -0.423 e. The Morgan fingerprint density at radius 3 is 2.33 bits per heavy atom. The standard InChI is InChI=1S/C14H9F2NO4/c1-8-2-7-11(15)12(13(8)16)14(18)21-10-5-3-9(4-6-10)17(19)20/h2-7H,1H3. The van der Waals surface area contributed by atoms with Gasteiger partial charge in [-0.15, -0.1) is 0 Å². The van der Waals surface area contributed by atoms with Crippen LogP contribution in [0.5, 0.6) is 5.75 Å². The maximum Gasteiger partial charge on any atom is 0.349 e. The molecular formula is C14H9F2NO4. The van der Waals surface area contributed by atoms with Crippen molar-refractivity contribution in [3.63, 3.8) is 0 Å². The molecule has 21 heavy (non-hydrogen) atoms. The second-order valence-corrected chi connectivity index (χ2v) is 4.19. The van der Waals surface area contributed by atoms with Gasteiger partial charge in [-0.3, -0.25) is 10.1 Å². The number of aryl methyl sites for hydroxylation is 1. The van der Waals surface area contributed by atoms with Crippen molar-refractivity contribution in [3.05, 3.63) is 69.3 Å². The Hall–Kier alpha value is -2.83. The Labute approximate surface area is 117 Å². The summed E-state index contributed by atoms with van der Waals surface area (Å²) < 4.78 is 32.1. The van der Waals surface area contributed by atoms with Crippen molar-refractivity contribution in [2.24, 2.45) is 0 Å². The minimum absolute atomic E-state index is 0.0501. The van der Waals surface area contributed by atoms with E-state index in [9.17, 15) is 23.7 Å². The molecule has 0 amide bonds. The Kier molecular flexibility index (Phi) is 3.93. The van der Waals surface area contributed by atoms with Crippen molar-refractivity contribution >= 4 is 11.7 Å². The maximum absolute atomic E-state index is 13.8. The monoisotopic (exact) mass is 293 g/mol. The van der Waals surface area contributed by atoms with Crippen molar-refractivity contribution < 1.29 is 23.2 Å². The lowest BCUT2D eigenvalue weighted by Crippen LogP contribution is -2.14. The van der Waals surface area contributed by atoms with E-state index in [2.05, 4.69) is 0 Å². The van der Waals surface area contributed by atoms with E-state index in [-0.39, 0.29) is 17.0 Å². The van der Waals surface area contributed by atoms with Crippen molar-refractivity contribution in [1.29, 1.82) is 0 Å². The molecule has 2 aromatic carbocycles. The summed E-state index contributed by atoms with van der Waals surface area (Å²) in [6.07, 6.45) is 0. The fourth-order valence-corrected chi connectivity index (χ4v) is 1.64. The summed E-state index contributed by atoms with van der Waals surface area (Å²) in [4.78, 5) is 21.7. The van der Waals surface area contributed by atoms with E-state index in [1.807, 2.05) is 0 Å². The smallest absolute Gasteiger partial charge is 0.349 e. The molecule has 0 unspecified atom stereocenters. The van der Waals surface area contributed by atoms with Crippen molar-refractivity contribution in [2.75, 3.05) is 0 Å². The Bertz CT molecular complexity index is 714. The van der Waals surface area contributed by atoms with Crippen LogP contribution in [-0.2, 0) is 0 Å². The molecule has 0 fully saturated rings. The SMILES string of the molecule is Cc1ccc(F)c(C(=O)Oc2ccc([N+](=O)[O-])cc2)c1F. The number of nitrogens with zero attached hydrogens (tertiary/aromatic N) is 1. The summed E-state index contributed by atoms with van der Waals surface area (Å²) in [5, 5.41) is 10.5. The zero-order valence-electron chi connectivity index (χ0n) is 10.8. The third-order valence-corrected chi connectivity index (χ3v) is 2.75. The van der Waals surface area contributed by atoms with Crippen molar-refractivity contribution in [1.82, 2.24) is 0 Å². The second kappa shape index (κ2) is 5.66. The molecule has 0 bridgehead atoms. The minimum atomic E-state index is -1.21. The van der Waals surface area contributed by atoms with Gasteiger partial charge in [-0.05, 0) is 30.7 Å². The van der Waals surface area contributed by atoms with Crippen LogP contribution in [0, 0.1) is 28.7 Å². The molecule has 0 heterocycles. The molecule has 7 heteroatoms. The van der Waals surface area contributed by atoms with Gasteiger partial charge >= 0.3 is 5.97 Å². The van der Waals surface area contributed by atoms with Gasteiger partial charge in [-0.2, -0.15) is 0 Å². The summed E-state index contributed by atoms with van der Waals surface area (Å²) in [6.45, 7) is 1.39. The average Bonchev–Trinajstić information content (AvgIpc) is 2.44. The number of nitro benzene ring substituents is 1. The molecule has 0 saturated carbocycles. The highest BCUT2D eigenvalue weighted by atomic mass is 19.1. The molecule has 2 rings (SSSR count). The molecule has 108 valence electrons. The van der Waals surface area contributed by atoms with E-state index in [0.29, 0.717) is 0 Å². The molecule has 0 radical (unpaired) electrons. The molecule has 0 N–H and O–H groups in total. The summed E-state index contributed by atoms with van der Waals surface area (Å²) in [5.41, 5.74) is -0.886. The van der Waals surface area contributed by atoms with Gasteiger partial charge in [0.2, 0.25) is 0 Å². The Balaban J connectivity index is 2.26. The lowest BCUT2D eigenvalue weighted by molar-refractivity contribution is -0.384. The van der Waals surface area contributed by atoms with Gasteiger partial charge in [0.05, 0.1) is 4.92 Å². The van der Waals surface area contributed by atoms with Crippen LogP contribution >= 0.6 is 0 Å². The van der Waals surface area contributed by atoms with Crippen molar-refractivity contribution in [3.8, 4) is 5.75 Å². The van der Waals surface area contributed by atoms with Crippen LogP contribution < -0.4 is 4.74 Å². The van der Waals surface area contributed by atoms with E-state index in [0.717, 1.165) is 18.2 Å². The van der Waals surface area contributed by atoms with Gasteiger partial charge in [-0.25, -0.2) is 13.6 Å². The number of ether oxygens (including phenoxy) is 1. The number of nitro groups is 1. The molecular weight excluding hydrogens is 284 g/mol. The van der Waals surface area contributed by atoms with Gasteiger partial charge in [0.1, 0.15) is 22.9 Å².